The van der Waals surface area contributed by atoms with Crippen LogP contribution in [-0.2, 0) is 18.0 Å². The molecule has 2 atom stereocenters. The van der Waals surface area contributed by atoms with Crippen LogP contribution in [-0.4, -0.2) is 3.26 Å². The van der Waals surface area contributed by atoms with Gasteiger partial charge in [-0.05, 0) is 0 Å². The van der Waals surface area contributed by atoms with Crippen molar-refractivity contribution >= 4 is 15.4 Å². The normalized spacial score (nSPS) is 16.5. The zero-order chi connectivity index (χ0) is 32.9. The van der Waals surface area contributed by atoms with Crippen LogP contribution < -0.4 is 0 Å². The van der Waals surface area contributed by atoms with Crippen molar-refractivity contribution in [3.63, 3.8) is 0 Å². The van der Waals surface area contributed by atoms with E-state index in [9.17, 15) is 0 Å². The fraction of sp³-hybridized carbons (Fsp3) is 0.128. The number of benzene rings is 6. The van der Waals surface area contributed by atoms with E-state index in [1.165, 1.54) is 66.8 Å². The number of fused-ring (bicyclic) bond motifs is 2. The Morgan fingerprint density at radius 1 is 0.438 bits per heavy atom. The van der Waals surface area contributed by atoms with Crippen LogP contribution in [0.2, 0.25) is 9.36 Å². The van der Waals surface area contributed by atoms with Crippen molar-refractivity contribution in [1.82, 2.24) is 0 Å². The first-order valence-electron chi connectivity index (χ1n) is 17.3. The Hall–Kier alpha value is -4.46. The minimum atomic E-state index is -4.58. The van der Waals surface area contributed by atoms with E-state index < -0.39 is 18.0 Å². The Balaban J connectivity index is 1.47. The van der Waals surface area contributed by atoms with Gasteiger partial charge in [-0.2, -0.15) is 0 Å². The van der Waals surface area contributed by atoms with E-state index >= 15 is 0 Å². The first kappa shape index (κ1) is 30.8. The summed E-state index contributed by atoms with van der Waals surface area (Å²) in [6.07, 6.45) is 10.1. The molecule has 2 unspecified atom stereocenters. The van der Waals surface area contributed by atoms with Gasteiger partial charge in [0.15, 0.2) is 0 Å². The summed E-state index contributed by atoms with van der Waals surface area (Å²) < 4.78 is 7.76. The monoisotopic (exact) mass is 786 g/mol. The summed E-state index contributed by atoms with van der Waals surface area (Å²) in [5.74, 6) is 0. The molecular formula is C47H42Hf. The van der Waals surface area contributed by atoms with Gasteiger partial charge in [0, 0.05) is 0 Å². The Kier molecular flexibility index (Phi) is 7.65. The standard InChI is InChI=1S/2C15H11.C15H14.2CH3.Hf/c2*1-2-6-12(7-3-1)14-10-4-8-13-9-5-11-15(13)14;1-12-3-7-14(8-4-12)11-15-9-5-13(2)6-10-15;;;/h2*1-11H;3-10H,1-2H3;2*1H3;. The molecule has 0 saturated carbocycles. The van der Waals surface area contributed by atoms with Crippen LogP contribution in [0.4, 0.5) is 0 Å². The zero-order valence-electron chi connectivity index (χ0n) is 28.3. The van der Waals surface area contributed by atoms with Gasteiger partial charge in [-0.3, -0.25) is 0 Å². The van der Waals surface area contributed by atoms with Crippen molar-refractivity contribution in [3.8, 4) is 22.3 Å². The van der Waals surface area contributed by atoms with Gasteiger partial charge in [0.25, 0.3) is 0 Å². The van der Waals surface area contributed by atoms with Crippen molar-refractivity contribution in [1.29, 1.82) is 0 Å². The molecule has 0 N–H and O–H groups in total. The van der Waals surface area contributed by atoms with E-state index in [1.54, 1.807) is 3.26 Å². The Morgan fingerprint density at radius 3 is 1.23 bits per heavy atom. The van der Waals surface area contributed by atoms with Crippen LogP contribution in [0.3, 0.4) is 0 Å². The van der Waals surface area contributed by atoms with Crippen LogP contribution >= 0.6 is 0 Å². The Morgan fingerprint density at radius 2 is 0.833 bits per heavy atom. The second-order valence-corrected chi connectivity index (χ2v) is 39.8. The molecule has 0 fully saturated rings. The molecule has 0 nitrogen and oxygen atoms in total. The third-order valence-electron chi connectivity index (χ3n) is 11.4. The average molecular weight is 785 g/mol. The predicted molar refractivity (Wildman–Crippen MR) is 205 cm³/mol. The van der Waals surface area contributed by atoms with Gasteiger partial charge in [-0.1, -0.05) is 0 Å². The fourth-order valence-electron chi connectivity index (χ4n) is 8.98. The first-order valence-corrected chi connectivity index (χ1v) is 30.4. The van der Waals surface area contributed by atoms with Crippen LogP contribution in [0.5, 0.6) is 0 Å². The van der Waals surface area contributed by atoms with Crippen LogP contribution in [0.1, 0.15) is 51.9 Å². The van der Waals surface area contributed by atoms with Crippen LogP contribution in [0.15, 0.2) is 158 Å². The summed E-state index contributed by atoms with van der Waals surface area (Å²) in [6.45, 7) is 4.39. The molecule has 6 aromatic rings. The van der Waals surface area contributed by atoms with Gasteiger partial charge in [0.2, 0.25) is 0 Å². The van der Waals surface area contributed by atoms with Crippen molar-refractivity contribution < 1.29 is 18.0 Å². The van der Waals surface area contributed by atoms with Gasteiger partial charge < -0.3 is 0 Å². The second-order valence-electron chi connectivity index (χ2n) is 14.7. The molecule has 0 amide bonds. The molecule has 234 valence electrons. The summed E-state index contributed by atoms with van der Waals surface area (Å²) in [6, 6.07) is 54.7. The summed E-state index contributed by atoms with van der Waals surface area (Å²) in [4.78, 5) is 0. The quantitative estimate of drug-likeness (QED) is 0.148. The SMILES string of the molecule is Cc1ccc([C](c2ccc(C)cc2)=[Hf]([CH3])([CH3])([CH]2C=Cc3c(-c4ccccc4)cccc32)[CH]2C=Cc3c(-c4ccccc4)cccc32)cc1. The number of hydrogen-bond acceptors (Lipinski definition) is 0. The molecule has 2 aliphatic carbocycles. The summed E-state index contributed by atoms with van der Waals surface area (Å²) in [5, 5.41) is 0. The van der Waals surface area contributed by atoms with Gasteiger partial charge >= 0.3 is 288 Å². The second kappa shape index (κ2) is 11.9. The number of aryl methyl sites for hydroxylation is 2. The Bertz CT molecular complexity index is 2120. The van der Waals surface area contributed by atoms with Crippen molar-refractivity contribution in [2.45, 2.75) is 30.6 Å². The first-order chi connectivity index (χ1) is 23.3. The van der Waals surface area contributed by atoms with Gasteiger partial charge in [0.1, 0.15) is 0 Å². The molecule has 8 rings (SSSR count). The maximum atomic E-state index is 2.77. The molecule has 0 aliphatic heterocycles. The molecule has 0 heterocycles. The molecule has 0 bridgehead atoms. The number of hydrogen-bond donors (Lipinski definition) is 0. The third-order valence-corrected chi connectivity index (χ3v) is 36.5. The molecule has 0 spiro atoms. The van der Waals surface area contributed by atoms with Crippen LogP contribution in [0.25, 0.3) is 34.4 Å². The molecule has 0 saturated heterocycles. The zero-order valence-corrected chi connectivity index (χ0v) is 31.9. The van der Waals surface area contributed by atoms with Crippen molar-refractivity contribution in [2.75, 3.05) is 0 Å². The van der Waals surface area contributed by atoms with E-state index in [1.807, 2.05) is 0 Å². The van der Waals surface area contributed by atoms with Gasteiger partial charge in [-0.15, -0.1) is 0 Å². The van der Waals surface area contributed by atoms with E-state index in [0.29, 0.717) is 7.35 Å². The maximum absolute atomic E-state index is 4.58. The molecular weight excluding hydrogens is 743 g/mol. The third kappa shape index (κ3) is 4.94. The fourth-order valence-corrected chi connectivity index (χ4v) is 34.0. The summed E-state index contributed by atoms with van der Waals surface area (Å²) >= 11 is -4.58. The van der Waals surface area contributed by atoms with Gasteiger partial charge in [0.05, 0.1) is 0 Å². The van der Waals surface area contributed by atoms with Gasteiger partial charge in [-0.25, -0.2) is 0 Å². The van der Waals surface area contributed by atoms with E-state index in [-0.39, 0.29) is 0 Å². The average Bonchev–Trinajstić information content (AvgIpc) is 3.78. The Labute approximate surface area is 286 Å². The molecule has 2 aliphatic rings. The summed E-state index contributed by atoms with van der Waals surface area (Å²) in [5.41, 5.74) is 16.3. The molecule has 48 heavy (non-hydrogen) atoms. The van der Waals surface area contributed by atoms with Crippen molar-refractivity contribution in [3.05, 3.63) is 202 Å². The topological polar surface area (TPSA) is 0 Å². The number of allylic oxidation sites excluding steroid dienone is 2. The van der Waals surface area contributed by atoms with E-state index in [0.717, 1.165) is 0 Å². The molecule has 0 radical (unpaired) electrons. The molecule has 1 heteroatoms. The van der Waals surface area contributed by atoms with Crippen molar-refractivity contribution in [2.24, 2.45) is 0 Å². The minimum absolute atomic E-state index is 0.319. The van der Waals surface area contributed by atoms with Crippen LogP contribution in [0, 0.1) is 13.8 Å². The van der Waals surface area contributed by atoms with E-state index in [4.69, 9.17) is 0 Å². The molecule has 6 aromatic carbocycles. The predicted octanol–water partition coefficient (Wildman–Crippen LogP) is 12.5. The van der Waals surface area contributed by atoms with E-state index in [2.05, 4.69) is 193 Å². The summed E-state index contributed by atoms with van der Waals surface area (Å²) in [7, 11) is 0. The molecule has 0 aromatic heterocycles. The number of rotatable bonds is 6.